The van der Waals surface area contributed by atoms with Gasteiger partial charge < -0.3 is 9.15 Å². The van der Waals surface area contributed by atoms with Crippen molar-refractivity contribution in [1.82, 2.24) is 9.71 Å². The van der Waals surface area contributed by atoms with Crippen LogP contribution in [0.15, 0.2) is 57.8 Å². The lowest BCUT2D eigenvalue weighted by molar-refractivity contribution is 0.340. The molecule has 0 fully saturated rings. The van der Waals surface area contributed by atoms with Crippen molar-refractivity contribution in [3.8, 4) is 17.2 Å². The summed E-state index contributed by atoms with van der Waals surface area (Å²) in [6, 6.07) is 13.3. The van der Waals surface area contributed by atoms with Crippen LogP contribution in [0, 0.1) is 6.92 Å². The Kier molecular flexibility index (Phi) is 5.84. The number of halogens is 1. The van der Waals surface area contributed by atoms with Gasteiger partial charge in [-0.1, -0.05) is 11.6 Å². The van der Waals surface area contributed by atoms with E-state index in [2.05, 4.69) is 9.71 Å². The average Bonchev–Trinajstić information content (AvgIpc) is 3.02. The van der Waals surface area contributed by atoms with Crippen molar-refractivity contribution in [3.63, 3.8) is 0 Å². The average molecular weight is 407 g/mol. The molecule has 3 rings (SSSR count). The van der Waals surface area contributed by atoms with Crippen LogP contribution in [-0.2, 0) is 16.6 Å². The Labute approximate surface area is 163 Å². The van der Waals surface area contributed by atoms with Crippen LogP contribution in [-0.4, -0.2) is 20.0 Å². The Morgan fingerprint density at radius 1 is 1.11 bits per heavy atom. The third-order valence-corrected chi connectivity index (χ3v) is 5.53. The van der Waals surface area contributed by atoms with Crippen molar-refractivity contribution in [2.75, 3.05) is 6.61 Å². The van der Waals surface area contributed by atoms with Crippen LogP contribution in [0.5, 0.6) is 5.75 Å². The molecule has 1 heterocycles. The summed E-state index contributed by atoms with van der Waals surface area (Å²) in [4.78, 5) is 4.55. The van der Waals surface area contributed by atoms with Crippen LogP contribution in [0.4, 0.5) is 0 Å². The molecule has 0 atom stereocenters. The number of hydrogen-bond donors (Lipinski definition) is 1. The van der Waals surface area contributed by atoms with Crippen molar-refractivity contribution >= 4 is 21.6 Å². The number of aryl methyl sites for hydroxylation is 1. The smallest absolute Gasteiger partial charge is 0.240 e. The van der Waals surface area contributed by atoms with E-state index in [1.165, 1.54) is 24.3 Å². The topological polar surface area (TPSA) is 81.4 Å². The van der Waals surface area contributed by atoms with E-state index in [4.69, 9.17) is 20.8 Å². The number of rotatable bonds is 7. The molecule has 8 heteroatoms. The number of hydrogen-bond acceptors (Lipinski definition) is 5. The number of ether oxygens (including phenoxy) is 1. The Morgan fingerprint density at radius 3 is 2.41 bits per heavy atom. The maximum Gasteiger partial charge on any atom is 0.240 e. The Hall–Kier alpha value is -2.35. The molecular weight excluding hydrogens is 388 g/mol. The molecule has 1 aromatic heterocycles. The summed E-state index contributed by atoms with van der Waals surface area (Å²) >= 11 is 5.80. The number of aromatic nitrogens is 1. The zero-order chi connectivity index (χ0) is 19.4. The third kappa shape index (κ3) is 4.68. The molecular formula is C19H19ClN2O4S. The fourth-order valence-electron chi connectivity index (χ4n) is 2.44. The van der Waals surface area contributed by atoms with Crippen LogP contribution in [0.1, 0.15) is 18.4 Å². The second-order valence-corrected chi connectivity index (χ2v) is 7.96. The minimum absolute atomic E-state index is 0.0251. The molecule has 0 saturated heterocycles. The van der Waals surface area contributed by atoms with Gasteiger partial charge in [-0.05, 0) is 62.4 Å². The summed E-state index contributed by atoms with van der Waals surface area (Å²) in [5, 5.41) is 0.473. The summed E-state index contributed by atoms with van der Waals surface area (Å²) < 4.78 is 38.4. The summed E-state index contributed by atoms with van der Waals surface area (Å²) in [5.74, 6) is 1.74. The van der Waals surface area contributed by atoms with Crippen LogP contribution >= 0.6 is 11.6 Å². The highest BCUT2D eigenvalue weighted by atomic mass is 35.5. The number of benzene rings is 2. The first-order valence-corrected chi connectivity index (χ1v) is 10.2. The quantitative estimate of drug-likeness (QED) is 0.636. The highest BCUT2D eigenvalue weighted by Crippen LogP contribution is 2.24. The maximum absolute atomic E-state index is 12.4. The standard InChI is InChI=1S/C19H19ClN2O4S/c1-3-25-16-8-4-14(5-9-16)19-22-18(13(2)26-19)12-21-27(23,24)17-10-6-15(20)7-11-17/h4-11,21H,3,12H2,1-2H3. The second kappa shape index (κ2) is 8.12. The molecule has 27 heavy (non-hydrogen) atoms. The van der Waals surface area contributed by atoms with Gasteiger partial charge in [0.1, 0.15) is 11.5 Å². The van der Waals surface area contributed by atoms with E-state index in [0.717, 1.165) is 11.3 Å². The third-order valence-electron chi connectivity index (χ3n) is 3.86. The SMILES string of the molecule is CCOc1ccc(-c2nc(CNS(=O)(=O)c3ccc(Cl)cc3)c(C)o2)cc1. The fraction of sp³-hybridized carbons (Fsp3) is 0.211. The molecule has 3 aromatic rings. The Balaban J connectivity index is 1.74. The van der Waals surface area contributed by atoms with E-state index < -0.39 is 10.0 Å². The normalized spacial score (nSPS) is 11.5. The van der Waals surface area contributed by atoms with Gasteiger partial charge in [0.25, 0.3) is 0 Å². The van der Waals surface area contributed by atoms with Crippen molar-refractivity contribution in [2.45, 2.75) is 25.3 Å². The first-order chi connectivity index (χ1) is 12.9. The maximum atomic E-state index is 12.4. The molecule has 0 aliphatic heterocycles. The van der Waals surface area contributed by atoms with Gasteiger partial charge in [0.15, 0.2) is 0 Å². The van der Waals surface area contributed by atoms with Crippen LogP contribution in [0.3, 0.4) is 0 Å². The summed E-state index contributed by atoms with van der Waals surface area (Å²) in [7, 11) is -3.67. The number of oxazole rings is 1. The number of sulfonamides is 1. The fourth-order valence-corrected chi connectivity index (χ4v) is 3.55. The zero-order valence-electron chi connectivity index (χ0n) is 14.9. The highest BCUT2D eigenvalue weighted by molar-refractivity contribution is 7.89. The van der Waals surface area contributed by atoms with Crippen LogP contribution in [0.25, 0.3) is 11.5 Å². The van der Waals surface area contributed by atoms with Gasteiger partial charge in [-0.3, -0.25) is 0 Å². The molecule has 1 N–H and O–H groups in total. The van der Waals surface area contributed by atoms with E-state index >= 15 is 0 Å². The Morgan fingerprint density at radius 2 is 1.78 bits per heavy atom. The van der Waals surface area contributed by atoms with E-state index in [1.54, 1.807) is 6.92 Å². The van der Waals surface area contributed by atoms with E-state index in [-0.39, 0.29) is 11.4 Å². The van der Waals surface area contributed by atoms with E-state index in [0.29, 0.717) is 29.0 Å². The molecule has 0 unspecified atom stereocenters. The van der Waals surface area contributed by atoms with Crippen molar-refractivity contribution < 1.29 is 17.6 Å². The molecule has 0 spiro atoms. The predicted molar refractivity (Wildman–Crippen MR) is 103 cm³/mol. The van der Waals surface area contributed by atoms with Gasteiger partial charge in [-0.15, -0.1) is 0 Å². The monoisotopic (exact) mass is 406 g/mol. The minimum atomic E-state index is -3.67. The summed E-state index contributed by atoms with van der Waals surface area (Å²) in [6.07, 6.45) is 0. The minimum Gasteiger partial charge on any atom is -0.494 e. The summed E-state index contributed by atoms with van der Waals surface area (Å²) in [6.45, 7) is 4.28. The highest BCUT2D eigenvalue weighted by Gasteiger charge is 2.17. The van der Waals surface area contributed by atoms with E-state index in [1.807, 2.05) is 31.2 Å². The summed E-state index contributed by atoms with van der Waals surface area (Å²) in [5.41, 5.74) is 1.31. The molecule has 142 valence electrons. The first-order valence-electron chi connectivity index (χ1n) is 8.34. The molecule has 0 saturated carbocycles. The number of nitrogens with zero attached hydrogens (tertiary/aromatic N) is 1. The molecule has 0 amide bonds. The zero-order valence-corrected chi connectivity index (χ0v) is 16.5. The van der Waals surface area contributed by atoms with Crippen molar-refractivity contribution in [3.05, 3.63) is 65.0 Å². The molecule has 2 aromatic carbocycles. The van der Waals surface area contributed by atoms with Gasteiger partial charge in [0, 0.05) is 10.6 Å². The van der Waals surface area contributed by atoms with Gasteiger partial charge in [-0.2, -0.15) is 0 Å². The number of nitrogens with one attached hydrogen (secondary N) is 1. The molecule has 6 nitrogen and oxygen atoms in total. The van der Waals surface area contributed by atoms with Gasteiger partial charge in [0.05, 0.1) is 23.7 Å². The molecule has 0 radical (unpaired) electrons. The molecule has 0 bridgehead atoms. The Bertz CT molecular complexity index is 1010. The first kappa shape index (κ1) is 19.4. The van der Waals surface area contributed by atoms with Crippen molar-refractivity contribution in [1.29, 1.82) is 0 Å². The van der Waals surface area contributed by atoms with Gasteiger partial charge in [-0.25, -0.2) is 18.1 Å². The van der Waals surface area contributed by atoms with E-state index in [9.17, 15) is 8.42 Å². The van der Waals surface area contributed by atoms with Crippen molar-refractivity contribution in [2.24, 2.45) is 0 Å². The van der Waals surface area contributed by atoms with Gasteiger partial charge >= 0.3 is 0 Å². The molecule has 0 aliphatic carbocycles. The lowest BCUT2D eigenvalue weighted by atomic mass is 10.2. The van der Waals surface area contributed by atoms with Crippen LogP contribution in [0.2, 0.25) is 5.02 Å². The van der Waals surface area contributed by atoms with Gasteiger partial charge in [0.2, 0.25) is 15.9 Å². The molecule has 0 aliphatic rings. The lowest BCUT2D eigenvalue weighted by Crippen LogP contribution is -2.23. The predicted octanol–water partition coefficient (Wildman–Crippen LogP) is 4.18. The largest absolute Gasteiger partial charge is 0.494 e. The van der Waals surface area contributed by atoms with Crippen LogP contribution < -0.4 is 9.46 Å². The lowest BCUT2D eigenvalue weighted by Gasteiger charge is -2.05. The second-order valence-electron chi connectivity index (χ2n) is 5.76.